The highest BCUT2D eigenvalue weighted by atomic mass is 15.0. The minimum Gasteiger partial charge on any atom is -0.397 e. The zero-order valence-electron chi connectivity index (χ0n) is 7.33. The molecule has 0 unspecified atom stereocenters. The molecule has 1 aromatic carbocycles. The van der Waals surface area contributed by atoms with Gasteiger partial charge in [-0.3, -0.25) is 0 Å². The van der Waals surface area contributed by atoms with Crippen molar-refractivity contribution in [3.05, 3.63) is 18.2 Å². The summed E-state index contributed by atoms with van der Waals surface area (Å²) in [5.41, 5.74) is 18.8. The Labute approximate surface area is 72.1 Å². The summed E-state index contributed by atoms with van der Waals surface area (Å²) in [4.78, 5) is 0. The summed E-state index contributed by atoms with van der Waals surface area (Å²) >= 11 is 0. The van der Waals surface area contributed by atoms with Gasteiger partial charge in [0.05, 0.1) is 11.4 Å². The first-order valence-corrected chi connectivity index (χ1v) is 3.77. The van der Waals surface area contributed by atoms with E-state index >= 15 is 0 Å². The van der Waals surface area contributed by atoms with Gasteiger partial charge in [-0.2, -0.15) is 5.11 Å². The predicted molar refractivity (Wildman–Crippen MR) is 51.4 cm³/mol. The van der Waals surface area contributed by atoms with Crippen molar-refractivity contribution in [2.45, 2.75) is 13.8 Å². The molecule has 12 heavy (non-hydrogen) atoms. The number of rotatable bonds is 1. The van der Waals surface area contributed by atoms with Gasteiger partial charge in [-0.1, -0.05) is 19.9 Å². The number of nitrogens with zero attached hydrogens (tertiary/aromatic N) is 1. The average molecular weight is 166 g/mol. The van der Waals surface area contributed by atoms with E-state index in [-0.39, 0.29) is 0 Å². The van der Waals surface area contributed by atoms with Crippen LogP contribution in [0.4, 0.5) is 17.1 Å². The highest BCUT2D eigenvalue weighted by Crippen LogP contribution is 2.26. The molecule has 5 N–H and O–H groups in total. The van der Waals surface area contributed by atoms with Crippen LogP contribution in [-0.2, 0) is 0 Å². The van der Waals surface area contributed by atoms with E-state index < -0.39 is 0 Å². The summed E-state index contributed by atoms with van der Waals surface area (Å²) in [7, 11) is 0. The van der Waals surface area contributed by atoms with Gasteiger partial charge in [-0.05, 0) is 12.1 Å². The van der Waals surface area contributed by atoms with Crippen LogP contribution in [0.1, 0.15) is 13.8 Å². The monoisotopic (exact) mass is 166 g/mol. The van der Waals surface area contributed by atoms with Crippen LogP contribution < -0.4 is 11.5 Å². The smallest absolute Gasteiger partial charge is 0.110 e. The third-order valence-corrected chi connectivity index (χ3v) is 1.24. The molecule has 0 fully saturated rings. The summed E-state index contributed by atoms with van der Waals surface area (Å²) in [6, 6.07) is 5.02. The molecule has 4 heteroatoms. The lowest BCUT2D eigenvalue weighted by Gasteiger charge is -1.99. The Bertz CT molecular complexity index is 257. The van der Waals surface area contributed by atoms with Crippen LogP contribution in [0.5, 0.6) is 0 Å². The van der Waals surface area contributed by atoms with E-state index in [0.29, 0.717) is 17.1 Å². The molecule has 0 amide bonds. The van der Waals surface area contributed by atoms with Crippen molar-refractivity contribution in [3.8, 4) is 0 Å². The van der Waals surface area contributed by atoms with Gasteiger partial charge in [0.15, 0.2) is 0 Å². The normalized spacial score (nSPS) is 8.17. The molecule has 0 spiro atoms. The van der Waals surface area contributed by atoms with Crippen molar-refractivity contribution in [1.82, 2.24) is 0 Å². The van der Waals surface area contributed by atoms with Gasteiger partial charge >= 0.3 is 0 Å². The number of benzene rings is 1. The minimum atomic E-state index is 0.373. The molecule has 0 heterocycles. The number of nitrogens with one attached hydrogen (secondary N) is 1. The SMILES string of the molecule is CC.N=Nc1cccc(N)c1N. The van der Waals surface area contributed by atoms with Gasteiger partial charge in [0.1, 0.15) is 5.69 Å². The second-order valence-corrected chi connectivity index (χ2v) is 1.89. The van der Waals surface area contributed by atoms with E-state index in [1.807, 2.05) is 13.8 Å². The quantitative estimate of drug-likeness (QED) is 0.442. The van der Waals surface area contributed by atoms with E-state index in [4.69, 9.17) is 17.0 Å². The van der Waals surface area contributed by atoms with Crippen LogP contribution in [0.15, 0.2) is 23.3 Å². The third kappa shape index (κ3) is 2.23. The fourth-order valence-corrected chi connectivity index (χ4v) is 0.668. The van der Waals surface area contributed by atoms with E-state index in [0.717, 1.165) is 0 Å². The summed E-state index contributed by atoms with van der Waals surface area (Å²) in [6.07, 6.45) is 0. The minimum absolute atomic E-state index is 0.373. The molecule has 66 valence electrons. The molecule has 0 atom stereocenters. The van der Waals surface area contributed by atoms with Crippen molar-refractivity contribution in [1.29, 1.82) is 5.53 Å². The van der Waals surface area contributed by atoms with Crippen LogP contribution in [0.25, 0.3) is 0 Å². The number of anilines is 2. The molecular formula is C8H14N4. The van der Waals surface area contributed by atoms with Crippen LogP contribution in [0, 0.1) is 5.53 Å². The highest BCUT2D eigenvalue weighted by Gasteiger charge is 1.97. The maximum Gasteiger partial charge on any atom is 0.110 e. The lowest BCUT2D eigenvalue weighted by molar-refractivity contribution is 1.15. The predicted octanol–water partition coefficient (Wildman–Crippen LogP) is 2.54. The number of hydrogen-bond acceptors (Lipinski definition) is 4. The molecule has 0 saturated heterocycles. The molecule has 0 saturated carbocycles. The Morgan fingerprint density at radius 2 is 1.83 bits per heavy atom. The van der Waals surface area contributed by atoms with Gasteiger partial charge in [-0.15, -0.1) is 0 Å². The van der Waals surface area contributed by atoms with E-state index in [1.54, 1.807) is 18.2 Å². The Kier molecular flexibility index (Phi) is 4.45. The maximum absolute atomic E-state index is 6.67. The Morgan fingerprint density at radius 3 is 2.25 bits per heavy atom. The van der Waals surface area contributed by atoms with Crippen molar-refractivity contribution in [2.75, 3.05) is 11.5 Å². The molecule has 4 nitrogen and oxygen atoms in total. The number of nitrogens with two attached hydrogens (primary N) is 2. The molecule has 0 aliphatic rings. The largest absolute Gasteiger partial charge is 0.397 e. The highest BCUT2D eigenvalue weighted by molar-refractivity contribution is 5.75. The molecule has 0 aromatic heterocycles. The van der Waals surface area contributed by atoms with Crippen molar-refractivity contribution in [2.24, 2.45) is 5.11 Å². The zero-order valence-corrected chi connectivity index (χ0v) is 7.33. The second kappa shape index (κ2) is 5.12. The summed E-state index contributed by atoms with van der Waals surface area (Å²) in [5, 5.41) is 3.18. The van der Waals surface area contributed by atoms with Crippen LogP contribution in [0.2, 0.25) is 0 Å². The molecular weight excluding hydrogens is 152 g/mol. The first kappa shape index (κ1) is 10.4. The summed E-state index contributed by atoms with van der Waals surface area (Å²) in [5.74, 6) is 0. The molecule has 0 aliphatic carbocycles. The van der Waals surface area contributed by atoms with E-state index in [2.05, 4.69) is 5.11 Å². The van der Waals surface area contributed by atoms with Gasteiger partial charge in [0, 0.05) is 0 Å². The Hall–Kier alpha value is -1.58. The van der Waals surface area contributed by atoms with Crippen molar-refractivity contribution < 1.29 is 0 Å². The van der Waals surface area contributed by atoms with Gasteiger partial charge in [-0.25, -0.2) is 5.53 Å². The maximum atomic E-state index is 6.67. The first-order valence-electron chi connectivity index (χ1n) is 3.77. The summed E-state index contributed by atoms with van der Waals surface area (Å²) in [6.45, 7) is 4.00. The molecule has 0 radical (unpaired) electrons. The molecule has 0 bridgehead atoms. The van der Waals surface area contributed by atoms with E-state index in [1.165, 1.54) is 0 Å². The number of nitrogen functional groups attached to an aromatic ring is 2. The van der Waals surface area contributed by atoms with Crippen LogP contribution >= 0.6 is 0 Å². The lowest BCUT2D eigenvalue weighted by Crippen LogP contribution is -1.93. The summed E-state index contributed by atoms with van der Waals surface area (Å²) < 4.78 is 0. The number of para-hydroxylation sites is 1. The topological polar surface area (TPSA) is 88.2 Å². The molecule has 0 aliphatic heterocycles. The fourth-order valence-electron chi connectivity index (χ4n) is 0.668. The van der Waals surface area contributed by atoms with Crippen LogP contribution in [-0.4, -0.2) is 0 Å². The molecule has 1 rings (SSSR count). The van der Waals surface area contributed by atoms with Gasteiger partial charge in [0.25, 0.3) is 0 Å². The molecule has 1 aromatic rings. The standard InChI is InChI=1S/C6H8N4.C2H6/c7-4-2-1-3-5(10-9)6(4)8;1-2/h1-3,9H,7-8H2;1-2H3. The van der Waals surface area contributed by atoms with Gasteiger partial charge < -0.3 is 11.5 Å². The van der Waals surface area contributed by atoms with Crippen molar-refractivity contribution >= 4 is 17.1 Å². The fraction of sp³-hybridized carbons (Fsp3) is 0.250. The zero-order chi connectivity index (χ0) is 9.56. The van der Waals surface area contributed by atoms with Gasteiger partial charge in [0.2, 0.25) is 0 Å². The Balaban J connectivity index is 0.000000561. The van der Waals surface area contributed by atoms with Crippen molar-refractivity contribution in [3.63, 3.8) is 0 Å². The second-order valence-electron chi connectivity index (χ2n) is 1.89. The Morgan fingerprint density at radius 1 is 1.25 bits per heavy atom. The van der Waals surface area contributed by atoms with E-state index in [9.17, 15) is 0 Å². The number of hydrogen-bond donors (Lipinski definition) is 3. The average Bonchev–Trinajstić information content (AvgIpc) is 2.13. The first-order chi connectivity index (χ1) is 5.75. The lowest BCUT2D eigenvalue weighted by atomic mass is 10.2. The third-order valence-electron chi connectivity index (χ3n) is 1.24. The van der Waals surface area contributed by atoms with Crippen LogP contribution in [0.3, 0.4) is 0 Å².